The molecule has 3 amide bonds. The minimum absolute atomic E-state index is 0.0481. The van der Waals surface area contributed by atoms with Crippen LogP contribution in [0.15, 0.2) is 36.4 Å². The van der Waals surface area contributed by atoms with Crippen LogP contribution in [0.1, 0.15) is 22.3 Å². The highest BCUT2D eigenvalue weighted by molar-refractivity contribution is 6.09. The van der Waals surface area contributed by atoms with Crippen LogP contribution < -0.4 is 25.0 Å². The first-order valence-electron chi connectivity index (χ1n) is 9.28. The summed E-state index contributed by atoms with van der Waals surface area (Å²) < 4.78 is 11.1. The molecule has 0 saturated heterocycles. The molecule has 0 radical (unpaired) electrons. The van der Waals surface area contributed by atoms with E-state index in [4.69, 9.17) is 14.7 Å². The molecule has 0 aromatic heterocycles. The minimum Gasteiger partial charge on any atom is -0.489 e. The van der Waals surface area contributed by atoms with E-state index in [1.807, 2.05) is 6.07 Å². The summed E-state index contributed by atoms with van der Waals surface area (Å²) in [5.74, 6) is -0.0185. The molecule has 152 valence electrons. The van der Waals surface area contributed by atoms with E-state index in [1.54, 1.807) is 36.4 Å². The van der Waals surface area contributed by atoms with Crippen molar-refractivity contribution >= 4 is 29.1 Å². The third-order valence-corrected chi connectivity index (χ3v) is 4.92. The molecule has 9 nitrogen and oxygen atoms in total. The molecule has 0 fully saturated rings. The highest BCUT2D eigenvalue weighted by Crippen LogP contribution is 2.37. The van der Waals surface area contributed by atoms with Crippen LogP contribution >= 0.6 is 0 Å². The topological polar surface area (TPSA) is 121 Å². The quantitative estimate of drug-likeness (QED) is 0.796. The summed E-state index contributed by atoms with van der Waals surface area (Å²) in [5.41, 5.74) is 1.60. The second kappa shape index (κ2) is 7.75. The van der Waals surface area contributed by atoms with Crippen molar-refractivity contribution in [3.63, 3.8) is 0 Å². The molecule has 1 atom stereocenters. The van der Waals surface area contributed by atoms with Gasteiger partial charge in [0, 0.05) is 18.7 Å². The Hall–Kier alpha value is -4.06. The van der Waals surface area contributed by atoms with E-state index in [9.17, 15) is 14.4 Å². The zero-order valence-electron chi connectivity index (χ0n) is 16.1. The number of rotatable bonds is 3. The first-order chi connectivity index (χ1) is 14.5. The molecular weight excluding hydrogens is 388 g/mol. The number of hydrogen-bond acceptors (Lipinski definition) is 6. The number of nitriles is 1. The third-order valence-electron chi connectivity index (χ3n) is 4.92. The number of carbonyl (C=O) groups excluding carboxylic acids is 3. The molecule has 0 spiro atoms. The predicted molar refractivity (Wildman–Crippen MR) is 106 cm³/mol. The van der Waals surface area contributed by atoms with Crippen LogP contribution in [0.4, 0.5) is 11.4 Å². The van der Waals surface area contributed by atoms with Gasteiger partial charge < -0.3 is 20.1 Å². The summed E-state index contributed by atoms with van der Waals surface area (Å²) in [5, 5.41) is 14.4. The standard InChI is InChI=1S/C21H18N4O5/c1-23-19(26)8-14-10-29-18-6-12(9-22)2-4-16(18)25(14)21(28)13-3-5-17-15(7-13)24-20(27)11-30-17/h2-7,14H,8,10-11H2,1H3,(H,23,26)(H,24,27)/t14-/m0/s1. The SMILES string of the molecule is CNC(=O)C[C@H]1COc2cc(C#N)ccc2N1C(=O)c1ccc2c(c1)NC(=O)CO2. The molecule has 2 aromatic rings. The van der Waals surface area contributed by atoms with Gasteiger partial charge in [-0.05, 0) is 30.3 Å². The maximum absolute atomic E-state index is 13.5. The zero-order valence-corrected chi connectivity index (χ0v) is 16.1. The molecule has 2 aliphatic heterocycles. The predicted octanol–water partition coefficient (Wildman–Crippen LogP) is 1.43. The van der Waals surface area contributed by atoms with Gasteiger partial charge in [0.05, 0.1) is 35.5 Å². The summed E-state index contributed by atoms with van der Waals surface area (Å²) in [6.45, 7) is 0.0262. The van der Waals surface area contributed by atoms with E-state index in [-0.39, 0.29) is 37.4 Å². The van der Waals surface area contributed by atoms with Gasteiger partial charge in [0.2, 0.25) is 5.91 Å². The van der Waals surface area contributed by atoms with Gasteiger partial charge in [-0.25, -0.2) is 0 Å². The lowest BCUT2D eigenvalue weighted by molar-refractivity contribution is -0.121. The average Bonchev–Trinajstić information content (AvgIpc) is 2.77. The number of anilines is 2. The Morgan fingerprint density at radius 1 is 1.23 bits per heavy atom. The van der Waals surface area contributed by atoms with Gasteiger partial charge in [-0.15, -0.1) is 0 Å². The van der Waals surface area contributed by atoms with Gasteiger partial charge in [0.1, 0.15) is 18.1 Å². The number of hydrogen-bond donors (Lipinski definition) is 2. The van der Waals surface area contributed by atoms with E-state index in [0.29, 0.717) is 34.0 Å². The molecule has 4 rings (SSSR count). The van der Waals surface area contributed by atoms with Crippen molar-refractivity contribution in [3.05, 3.63) is 47.5 Å². The molecular formula is C21H18N4O5. The monoisotopic (exact) mass is 406 g/mol. The highest BCUT2D eigenvalue weighted by Gasteiger charge is 2.35. The summed E-state index contributed by atoms with van der Waals surface area (Å²) >= 11 is 0. The van der Waals surface area contributed by atoms with E-state index < -0.39 is 6.04 Å². The number of benzene rings is 2. The van der Waals surface area contributed by atoms with Crippen molar-refractivity contribution < 1.29 is 23.9 Å². The van der Waals surface area contributed by atoms with Crippen molar-refractivity contribution in [2.45, 2.75) is 12.5 Å². The molecule has 2 N–H and O–H groups in total. The molecule has 30 heavy (non-hydrogen) atoms. The van der Waals surface area contributed by atoms with Crippen molar-refractivity contribution in [1.29, 1.82) is 5.26 Å². The lowest BCUT2D eigenvalue weighted by Gasteiger charge is -2.37. The van der Waals surface area contributed by atoms with Crippen LogP contribution in [0, 0.1) is 11.3 Å². The van der Waals surface area contributed by atoms with Crippen molar-refractivity contribution in [1.82, 2.24) is 5.32 Å². The van der Waals surface area contributed by atoms with E-state index >= 15 is 0 Å². The first-order valence-corrected chi connectivity index (χ1v) is 9.28. The molecule has 2 aliphatic rings. The molecule has 0 saturated carbocycles. The Morgan fingerprint density at radius 2 is 2.07 bits per heavy atom. The normalized spacial score (nSPS) is 16.7. The van der Waals surface area contributed by atoms with Gasteiger partial charge in [-0.2, -0.15) is 5.26 Å². The van der Waals surface area contributed by atoms with Gasteiger partial charge in [0.15, 0.2) is 6.61 Å². The number of fused-ring (bicyclic) bond motifs is 2. The number of amides is 3. The number of nitrogens with zero attached hydrogens (tertiary/aromatic N) is 2. The van der Waals surface area contributed by atoms with E-state index in [0.717, 1.165) is 0 Å². The van der Waals surface area contributed by atoms with Crippen LogP contribution in [0.3, 0.4) is 0 Å². The first kappa shape index (κ1) is 19.3. The molecule has 0 aliphatic carbocycles. The van der Waals surface area contributed by atoms with Crippen LogP contribution in [0.5, 0.6) is 11.5 Å². The second-order valence-corrected chi connectivity index (χ2v) is 6.86. The fourth-order valence-electron chi connectivity index (χ4n) is 3.45. The summed E-state index contributed by atoms with van der Waals surface area (Å²) in [4.78, 5) is 38.6. The van der Waals surface area contributed by atoms with Crippen LogP contribution in [-0.4, -0.2) is 44.0 Å². The molecule has 9 heteroatoms. The molecule has 0 bridgehead atoms. The van der Waals surface area contributed by atoms with Crippen LogP contribution in [0.25, 0.3) is 0 Å². The van der Waals surface area contributed by atoms with Crippen molar-refractivity contribution in [2.75, 3.05) is 30.5 Å². The van der Waals surface area contributed by atoms with E-state index in [2.05, 4.69) is 10.6 Å². The lowest BCUT2D eigenvalue weighted by atomic mass is 10.0. The van der Waals surface area contributed by atoms with Gasteiger partial charge in [-0.1, -0.05) is 0 Å². The largest absolute Gasteiger partial charge is 0.489 e. The Labute approximate surface area is 172 Å². The van der Waals surface area contributed by atoms with Gasteiger partial charge in [-0.3, -0.25) is 19.3 Å². The molecule has 2 heterocycles. The van der Waals surface area contributed by atoms with Crippen molar-refractivity contribution in [3.8, 4) is 17.6 Å². The number of carbonyl (C=O) groups is 3. The summed E-state index contributed by atoms with van der Waals surface area (Å²) in [6, 6.07) is 11.1. The minimum atomic E-state index is -0.542. The summed E-state index contributed by atoms with van der Waals surface area (Å²) in [7, 11) is 1.53. The van der Waals surface area contributed by atoms with Crippen LogP contribution in [0.2, 0.25) is 0 Å². The lowest BCUT2D eigenvalue weighted by Crippen LogP contribution is -2.49. The second-order valence-electron chi connectivity index (χ2n) is 6.86. The smallest absolute Gasteiger partial charge is 0.262 e. The van der Waals surface area contributed by atoms with Gasteiger partial charge in [0.25, 0.3) is 11.8 Å². The fraction of sp³-hybridized carbons (Fsp3) is 0.238. The summed E-state index contributed by atoms with van der Waals surface area (Å²) in [6.07, 6.45) is 0.0481. The Kier molecular flexibility index (Phi) is 4.98. The Balaban J connectivity index is 1.74. The number of ether oxygens (including phenoxy) is 2. The molecule has 0 unspecified atom stereocenters. The van der Waals surface area contributed by atoms with Gasteiger partial charge >= 0.3 is 0 Å². The highest BCUT2D eigenvalue weighted by atomic mass is 16.5. The fourth-order valence-corrected chi connectivity index (χ4v) is 3.45. The van der Waals surface area contributed by atoms with Crippen molar-refractivity contribution in [2.24, 2.45) is 0 Å². The average molecular weight is 406 g/mol. The number of nitrogens with one attached hydrogen (secondary N) is 2. The maximum atomic E-state index is 13.5. The zero-order chi connectivity index (χ0) is 21.3. The maximum Gasteiger partial charge on any atom is 0.262 e. The third kappa shape index (κ3) is 3.51. The van der Waals surface area contributed by atoms with E-state index in [1.165, 1.54) is 11.9 Å². The van der Waals surface area contributed by atoms with Crippen LogP contribution in [-0.2, 0) is 9.59 Å². The molecule has 2 aromatic carbocycles. The Morgan fingerprint density at radius 3 is 2.83 bits per heavy atom. The Bertz CT molecular complexity index is 1090.